The van der Waals surface area contributed by atoms with Crippen molar-refractivity contribution in [3.05, 3.63) is 29.3 Å². The molecule has 1 heterocycles. The van der Waals surface area contributed by atoms with Crippen molar-refractivity contribution >= 4 is 15.8 Å². The van der Waals surface area contributed by atoms with Crippen LogP contribution in [0, 0.1) is 0 Å². The molecule has 0 aromatic heterocycles. The van der Waals surface area contributed by atoms with E-state index in [1.807, 2.05) is 0 Å². The van der Waals surface area contributed by atoms with Gasteiger partial charge in [-0.05, 0) is 24.7 Å². The Morgan fingerprint density at radius 1 is 1.47 bits per heavy atom. The van der Waals surface area contributed by atoms with E-state index in [1.165, 1.54) is 25.3 Å². The van der Waals surface area contributed by atoms with Crippen LogP contribution in [0.2, 0.25) is 0 Å². The second-order valence-corrected chi connectivity index (χ2v) is 6.51. The third-order valence-electron chi connectivity index (χ3n) is 3.03. The van der Waals surface area contributed by atoms with E-state index in [-0.39, 0.29) is 17.0 Å². The molecule has 1 aromatic rings. The van der Waals surface area contributed by atoms with E-state index in [0.29, 0.717) is 12.1 Å². The van der Waals surface area contributed by atoms with Crippen molar-refractivity contribution in [2.45, 2.75) is 16.9 Å². The molecule has 1 aliphatic heterocycles. The van der Waals surface area contributed by atoms with Gasteiger partial charge in [-0.3, -0.25) is 4.90 Å². The molecule has 1 aliphatic rings. The molecule has 104 valence electrons. The molecule has 0 spiro atoms. The van der Waals surface area contributed by atoms with Crippen LogP contribution in [-0.4, -0.2) is 45.5 Å². The zero-order valence-corrected chi connectivity index (χ0v) is 11.4. The van der Waals surface area contributed by atoms with E-state index in [2.05, 4.69) is 4.74 Å². The van der Waals surface area contributed by atoms with Crippen LogP contribution in [0.1, 0.15) is 15.9 Å². The third kappa shape index (κ3) is 2.48. The number of nitrogens with zero attached hydrogens (tertiary/aromatic N) is 1. The smallest absolute Gasteiger partial charge is 0.337 e. The number of alkyl halides is 1. The number of carbonyl (C=O) groups excluding carboxylic acids is 1. The molecule has 0 saturated heterocycles. The lowest BCUT2D eigenvalue weighted by Crippen LogP contribution is -2.27. The van der Waals surface area contributed by atoms with Gasteiger partial charge in [0.15, 0.2) is 0 Å². The van der Waals surface area contributed by atoms with Crippen LogP contribution < -0.4 is 0 Å². The summed E-state index contributed by atoms with van der Waals surface area (Å²) in [7, 11) is -1.22. The first-order chi connectivity index (χ1) is 8.86. The van der Waals surface area contributed by atoms with Crippen molar-refractivity contribution in [1.82, 2.24) is 4.90 Å². The van der Waals surface area contributed by atoms with Gasteiger partial charge in [-0.15, -0.1) is 0 Å². The number of fused-ring (bicyclic) bond motifs is 1. The third-order valence-corrected chi connectivity index (χ3v) is 4.84. The quantitative estimate of drug-likeness (QED) is 0.721. The second kappa shape index (κ2) is 4.90. The van der Waals surface area contributed by atoms with Gasteiger partial charge in [0.1, 0.15) is 0 Å². The van der Waals surface area contributed by atoms with Crippen molar-refractivity contribution in [1.29, 1.82) is 0 Å². The van der Waals surface area contributed by atoms with Gasteiger partial charge in [0.05, 0.1) is 17.6 Å². The lowest BCUT2D eigenvalue weighted by atomic mass is 10.1. The van der Waals surface area contributed by atoms with Gasteiger partial charge in [-0.2, -0.15) is 0 Å². The zero-order valence-electron chi connectivity index (χ0n) is 10.6. The molecule has 0 fully saturated rings. The number of methoxy groups -OCH3 is 1. The number of carbonyl (C=O) groups is 1. The monoisotopic (exact) mass is 287 g/mol. The molecule has 1 aromatic carbocycles. The highest BCUT2D eigenvalue weighted by molar-refractivity contribution is 7.92. The molecular formula is C12H14FNO4S. The summed E-state index contributed by atoms with van der Waals surface area (Å²) in [5.41, 5.74) is -1.41. The van der Waals surface area contributed by atoms with Crippen LogP contribution in [0.4, 0.5) is 4.39 Å². The van der Waals surface area contributed by atoms with Crippen LogP contribution >= 0.6 is 0 Å². The molecule has 0 amide bonds. The summed E-state index contributed by atoms with van der Waals surface area (Å²) in [5.74, 6) is -0.647. The molecule has 0 radical (unpaired) electrons. The predicted molar refractivity (Wildman–Crippen MR) is 66.2 cm³/mol. The standard InChI is InChI=1S/C12H14FNO4S/c1-14-6-9-4-3-8(12(15)18-2)5-10(9)19(16,17)11(13)7-14/h3-5,11H,6-7H2,1-2H3/t11-/m1/s1. The number of halogens is 1. The first-order valence-corrected chi connectivity index (χ1v) is 7.18. The Morgan fingerprint density at radius 2 is 2.16 bits per heavy atom. The summed E-state index contributed by atoms with van der Waals surface area (Å²) in [6.07, 6.45) is 0. The summed E-state index contributed by atoms with van der Waals surface area (Å²) in [6, 6.07) is 4.18. The summed E-state index contributed by atoms with van der Waals surface area (Å²) in [5, 5.41) is 0. The molecule has 0 unspecified atom stereocenters. The Morgan fingerprint density at radius 3 is 2.79 bits per heavy atom. The van der Waals surface area contributed by atoms with Gasteiger partial charge in [-0.1, -0.05) is 6.07 Å². The first-order valence-electron chi connectivity index (χ1n) is 5.64. The highest BCUT2D eigenvalue weighted by Crippen LogP contribution is 2.27. The number of rotatable bonds is 1. The Hall–Kier alpha value is -1.47. The molecule has 0 bridgehead atoms. The van der Waals surface area contributed by atoms with Crippen molar-refractivity contribution in [2.75, 3.05) is 20.7 Å². The molecule has 0 saturated carbocycles. The Bertz CT molecular complexity index is 614. The van der Waals surface area contributed by atoms with E-state index in [9.17, 15) is 17.6 Å². The van der Waals surface area contributed by atoms with Crippen LogP contribution in [0.5, 0.6) is 0 Å². The number of benzene rings is 1. The molecule has 1 atom stereocenters. The summed E-state index contributed by atoms with van der Waals surface area (Å²) >= 11 is 0. The lowest BCUT2D eigenvalue weighted by Gasteiger charge is -2.13. The molecule has 19 heavy (non-hydrogen) atoms. The van der Waals surface area contributed by atoms with Gasteiger partial charge in [-0.25, -0.2) is 17.6 Å². The Labute approximate surface area is 110 Å². The van der Waals surface area contributed by atoms with Gasteiger partial charge >= 0.3 is 5.97 Å². The average molecular weight is 287 g/mol. The summed E-state index contributed by atoms with van der Waals surface area (Å²) in [4.78, 5) is 12.9. The number of ether oxygens (including phenoxy) is 1. The second-order valence-electron chi connectivity index (χ2n) is 4.47. The van der Waals surface area contributed by atoms with Gasteiger partial charge in [0, 0.05) is 13.1 Å². The fourth-order valence-corrected chi connectivity index (χ4v) is 3.55. The largest absolute Gasteiger partial charge is 0.465 e. The van der Waals surface area contributed by atoms with E-state index in [4.69, 9.17) is 0 Å². The van der Waals surface area contributed by atoms with E-state index < -0.39 is 21.3 Å². The number of sulfone groups is 1. The molecule has 0 aliphatic carbocycles. The predicted octanol–water partition coefficient (Wildman–Crippen LogP) is 0.988. The number of esters is 1. The highest BCUT2D eigenvalue weighted by Gasteiger charge is 2.34. The fourth-order valence-electron chi connectivity index (χ4n) is 2.03. The summed E-state index contributed by atoms with van der Waals surface area (Å²) in [6.45, 7) is 0.126. The Kier molecular flexibility index (Phi) is 3.60. The van der Waals surface area contributed by atoms with E-state index in [0.717, 1.165) is 0 Å². The zero-order chi connectivity index (χ0) is 14.2. The summed E-state index contributed by atoms with van der Waals surface area (Å²) < 4.78 is 42.5. The minimum absolute atomic E-state index is 0.0987. The van der Waals surface area contributed by atoms with Crippen molar-refractivity contribution in [2.24, 2.45) is 0 Å². The van der Waals surface area contributed by atoms with Crippen LogP contribution in [-0.2, 0) is 21.1 Å². The molecule has 0 N–H and O–H groups in total. The average Bonchev–Trinajstić information content (AvgIpc) is 2.44. The van der Waals surface area contributed by atoms with Crippen molar-refractivity contribution in [3.63, 3.8) is 0 Å². The maximum absolute atomic E-state index is 13.8. The highest BCUT2D eigenvalue weighted by atomic mass is 32.2. The van der Waals surface area contributed by atoms with Crippen LogP contribution in [0.15, 0.2) is 23.1 Å². The first kappa shape index (κ1) is 14.0. The maximum Gasteiger partial charge on any atom is 0.337 e. The van der Waals surface area contributed by atoms with Crippen molar-refractivity contribution in [3.8, 4) is 0 Å². The molecule has 2 rings (SSSR count). The Balaban J connectivity index is 2.61. The SMILES string of the molecule is COC(=O)c1ccc2c(c1)S(=O)(=O)[C@@H](F)CN(C)C2. The molecular weight excluding hydrogens is 273 g/mol. The van der Waals surface area contributed by atoms with Gasteiger partial charge in [0.25, 0.3) is 0 Å². The topological polar surface area (TPSA) is 63.7 Å². The van der Waals surface area contributed by atoms with E-state index in [1.54, 1.807) is 11.9 Å². The molecule has 5 nitrogen and oxygen atoms in total. The minimum atomic E-state index is -4.07. The lowest BCUT2D eigenvalue weighted by molar-refractivity contribution is 0.0600. The van der Waals surface area contributed by atoms with Crippen molar-refractivity contribution < 1.29 is 22.3 Å². The minimum Gasteiger partial charge on any atom is -0.465 e. The number of hydrogen-bond donors (Lipinski definition) is 0. The fraction of sp³-hybridized carbons (Fsp3) is 0.417. The van der Waals surface area contributed by atoms with E-state index >= 15 is 0 Å². The molecule has 7 heteroatoms. The number of hydrogen-bond acceptors (Lipinski definition) is 5. The van der Waals surface area contributed by atoms with Crippen LogP contribution in [0.25, 0.3) is 0 Å². The normalized spacial score (nSPS) is 22.4. The maximum atomic E-state index is 13.8. The van der Waals surface area contributed by atoms with Gasteiger partial charge < -0.3 is 4.74 Å². The van der Waals surface area contributed by atoms with Gasteiger partial charge in [0.2, 0.25) is 15.3 Å². The van der Waals surface area contributed by atoms with Crippen LogP contribution in [0.3, 0.4) is 0 Å².